The molecule has 0 spiro atoms. The largest absolute Gasteiger partial charge is 0.382 e. The standard InChI is InChI=1S/C11H24O2/c1-9(2)10(11(3,4)5)13-8-7-12-6/h9-10H,7-8H2,1-6H3/t10-/m0/s1. The average molecular weight is 188 g/mol. The Bertz CT molecular complexity index is 125. The van der Waals surface area contributed by atoms with Crippen molar-refractivity contribution in [2.24, 2.45) is 11.3 Å². The fraction of sp³-hybridized carbons (Fsp3) is 1.00. The van der Waals surface area contributed by atoms with Crippen LogP contribution in [0.3, 0.4) is 0 Å². The summed E-state index contributed by atoms with van der Waals surface area (Å²) in [5.41, 5.74) is 0.210. The van der Waals surface area contributed by atoms with Crippen molar-refractivity contribution < 1.29 is 9.47 Å². The van der Waals surface area contributed by atoms with E-state index in [0.717, 1.165) is 0 Å². The zero-order valence-corrected chi connectivity index (χ0v) is 9.89. The van der Waals surface area contributed by atoms with Gasteiger partial charge >= 0.3 is 0 Å². The van der Waals surface area contributed by atoms with Crippen LogP contribution in [0.2, 0.25) is 0 Å². The monoisotopic (exact) mass is 188 g/mol. The summed E-state index contributed by atoms with van der Waals surface area (Å²) < 4.78 is 10.7. The van der Waals surface area contributed by atoms with E-state index in [2.05, 4.69) is 34.6 Å². The van der Waals surface area contributed by atoms with Crippen LogP contribution in [0.1, 0.15) is 34.6 Å². The normalized spacial score (nSPS) is 15.0. The molecule has 0 saturated carbocycles. The molecule has 0 unspecified atom stereocenters. The summed E-state index contributed by atoms with van der Waals surface area (Å²) in [5, 5.41) is 0. The van der Waals surface area contributed by atoms with Crippen molar-refractivity contribution in [3.05, 3.63) is 0 Å². The van der Waals surface area contributed by atoms with Gasteiger partial charge in [-0.2, -0.15) is 0 Å². The fourth-order valence-electron chi connectivity index (χ4n) is 1.70. The Morgan fingerprint density at radius 1 is 1.08 bits per heavy atom. The van der Waals surface area contributed by atoms with E-state index >= 15 is 0 Å². The van der Waals surface area contributed by atoms with Crippen LogP contribution < -0.4 is 0 Å². The molecule has 0 aliphatic rings. The van der Waals surface area contributed by atoms with Gasteiger partial charge in [0.2, 0.25) is 0 Å². The minimum Gasteiger partial charge on any atom is -0.382 e. The summed E-state index contributed by atoms with van der Waals surface area (Å²) in [4.78, 5) is 0. The molecule has 0 bridgehead atoms. The molecule has 0 aromatic heterocycles. The van der Waals surface area contributed by atoms with E-state index in [1.165, 1.54) is 0 Å². The number of hydrogen-bond acceptors (Lipinski definition) is 2. The first-order chi connectivity index (χ1) is 5.89. The van der Waals surface area contributed by atoms with Gasteiger partial charge in [0.05, 0.1) is 19.3 Å². The Balaban J connectivity index is 3.97. The van der Waals surface area contributed by atoms with Gasteiger partial charge in [-0.1, -0.05) is 34.6 Å². The summed E-state index contributed by atoms with van der Waals surface area (Å²) in [7, 11) is 1.70. The maximum absolute atomic E-state index is 5.78. The molecule has 0 aromatic rings. The molecule has 0 aromatic carbocycles. The van der Waals surface area contributed by atoms with Gasteiger partial charge in [-0.15, -0.1) is 0 Å². The lowest BCUT2D eigenvalue weighted by atomic mass is 9.82. The molecule has 0 N–H and O–H groups in total. The summed E-state index contributed by atoms with van der Waals surface area (Å²) in [5.74, 6) is 0.553. The molecule has 0 radical (unpaired) electrons. The van der Waals surface area contributed by atoms with Gasteiger partial charge in [-0.3, -0.25) is 0 Å². The van der Waals surface area contributed by atoms with Crippen LogP contribution >= 0.6 is 0 Å². The molecule has 2 heteroatoms. The molecular formula is C11H24O2. The van der Waals surface area contributed by atoms with Crippen molar-refractivity contribution in [2.45, 2.75) is 40.7 Å². The van der Waals surface area contributed by atoms with E-state index < -0.39 is 0 Å². The van der Waals surface area contributed by atoms with Crippen molar-refractivity contribution in [3.8, 4) is 0 Å². The van der Waals surface area contributed by atoms with Gasteiger partial charge in [0.15, 0.2) is 0 Å². The first kappa shape index (κ1) is 12.9. The third kappa shape index (κ3) is 5.27. The third-order valence-corrected chi connectivity index (χ3v) is 2.04. The second kappa shape index (κ2) is 5.61. The first-order valence-corrected chi connectivity index (χ1v) is 5.00. The summed E-state index contributed by atoms with van der Waals surface area (Å²) >= 11 is 0. The number of hydrogen-bond donors (Lipinski definition) is 0. The molecule has 80 valence electrons. The van der Waals surface area contributed by atoms with Gasteiger partial charge in [0.1, 0.15) is 0 Å². The van der Waals surface area contributed by atoms with Crippen LogP contribution in [0.5, 0.6) is 0 Å². The van der Waals surface area contributed by atoms with Crippen LogP contribution in [-0.2, 0) is 9.47 Å². The number of ether oxygens (including phenoxy) is 2. The van der Waals surface area contributed by atoms with Gasteiger partial charge in [-0.25, -0.2) is 0 Å². The summed E-state index contributed by atoms with van der Waals surface area (Å²) in [6, 6.07) is 0. The molecule has 0 fully saturated rings. The Kier molecular flexibility index (Phi) is 5.57. The van der Waals surface area contributed by atoms with E-state index in [1.54, 1.807) is 7.11 Å². The fourth-order valence-corrected chi connectivity index (χ4v) is 1.70. The second-order valence-corrected chi connectivity index (χ2v) is 4.89. The smallest absolute Gasteiger partial charge is 0.0704 e. The zero-order valence-electron chi connectivity index (χ0n) is 9.89. The molecule has 0 amide bonds. The van der Waals surface area contributed by atoms with Crippen molar-refractivity contribution in [3.63, 3.8) is 0 Å². The van der Waals surface area contributed by atoms with Gasteiger partial charge in [0.25, 0.3) is 0 Å². The van der Waals surface area contributed by atoms with Crippen LogP contribution in [-0.4, -0.2) is 26.4 Å². The van der Waals surface area contributed by atoms with Crippen molar-refractivity contribution in [2.75, 3.05) is 20.3 Å². The molecule has 2 nitrogen and oxygen atoms in total. The molecule has 1 atom stereocenters. The third-order valence-electron chi connectivity index (χ3n) is 2.04. The topological polar surface area (TPSA) is 18.5 Å². The van der Waals surface area contributed by atoms with E-state index in [9.17, 15) is 0 Å². The van der Waals surface area contributed by atoms with Crippen LogP contribution in [0.15, 0.2) is 0 Å². The van der Waals surface area contributed by atoms with Crippen LogP contribution in [0, 0.1) is 11.3 Å². The molecule has 0 saturated heterocycles. The number of methoxy groups -OCH3 is 1. The first-order valence-electron chi connectivity index (χ1n) is 5.00. The lowest BCUT2D eigenvalue weighted by molar-refractivity contribution is -0.0613. The lowest BCUT2D eigenvalue weighted by Crippen LogP contribution is -2.35. The predicted octanol–water partition coefficient (Wildman–Crippen LogP) is 2.72. The van der Waals surface area contributed by atoms with Gasteiger partial charge < -0.3 is 9.47 Å². The average Bonchev–Trinajstić information content (AvgIpc) is 1.94. The van der Waals surface area contributed by atoms with Gasteiger partial charge in [-0.05, 0) is 11.3 Å². The maximum atomic E-state index is 5.78. The minimum atomic E-state index is 0.210. The Hall–Kier alpha value is -0.0800. The molecule has 13 heavy (non-hydrogen) atoms. The molecule has 0 aliphatic carbocycles. The summed E-state index contributed by atoms with van der Waals surface area (Å²) in [6.45, 7) is 12.4. The lowest BCUT2D eigenvalue weighted by Gasteiger charge is -2.33. The predicted molar refractivity (Wildman–Crippen MR) is 55.9 cm³/mol. The number of rotatable bonds is 5. The van der Waals surface area contributed by atoms with E-state index in [1.807, 2.05) is 0 Å². The second-order valence-electron chi connectivity index (χ2n) is 4.89. The van der Waals surface area contributed by atoms with Crippen molar-refractivity contribution in [1.82, 2.24) is 0 Å². The molecule has 0 rings (SSSR count). The molecular weight excluding hydrogens is 164 g/mol. The zero-order chi connectivity index (χ0) is 10.5. The highest BCUT2D eigenvalue weighted by Crippen LogP contribution is 2.27. The van der Waals surface area contributed by atoms with Crippen LogP contribution in [0.25, 0.3) is 0 Å². The highest BCUT2D eigenvalue weighted by atomic mass is 16.5. The van der Waals surface area contributed by atoms with E-state index in [4.69, 9.17) is 9.47 Å². The van der Waals surface area contributed by atoms with Crippen molar-refractivity contribution >= 4 is 0 Å². The molecule has 0 aliphatic heterocycles. The van der Waals surface area contributed by atoms with Crippen LogP contribution in [0.4, 0.5) is 0 Å². The SMILES string of the molecule is COCCO[C@@H](C(C)C)C(C)(C)C. The van der Waals surface area contributed by atoms with Crippen molar-refractivity contribution in [1.29, 1.82) is 0 Å². The Morgan fingerprint density at radius 2 is 1.62 bits per heavy atom. The van der Waals surface area contributed by atoms with Gasteiger partial charge in [0, 0.05) is 7.11 Å². The maximum Gasteiger partial charge on any atom is 0.0704 e. The highest BCUT2D eigenvalue weighted by Gasteiger charge is 2.27. The quantitative estimate of drug-likeness (QED) is 0.618. The summed E-state index contributed by atoms with van der Waals surface area (Å²) in [6.07, 6.45) is 0.308. The molecule has 0 heterocycles. The Labute approximate surface area is 82.6 Å². The minimum absolute atomic E-state index is 0.210. The highest BCUT2D eigenvalue weighted by molar-refractivity contribution is 4.77. The Morgan fingerprint density at radius 3 is 1.92 bits per heavy atom. The van der Waals surface area contributed by atoms with E-state index in [0.29, 0.717) is 25.2 Å². The van der Waals surface area contributed by atoms with E-state index in [-0.39, 0.29) is 5.41 Å².